The Kier molecular flexibility index (Phi) is 2.62. The van der Waals surface area contributed by atoms with Crippen LogP contribution in [0.25, 0.3) is 0 Å². The van der Waals surface area contributed by atoms with Crippen molar-refractivity contribution in [3.8, 4) is 0 Å². The Bertz CT molecular complexity index is 201. The van der Waals surface area contributed by atoms with Gasteiger partial charge in [0.1, 0.15) is 5.83 Å². The van der Waals surface area contributed by atoms with E-state index in [1.807, 2.05) is 0 Å². The minimum Gasteiger partial charge on any atom is -0.360 e. The Morgan fingerprint density at radius 3 is 3.09 bits per heavy atom. The van der Waals surface area contributed by atoms with E-state index in [0.717, 1.165) is 0 Å². The molecule has 0 fully saturated rings. The fourth-order valence-electron chi connectivity index (χ4n) is 0.942. The molecule has 1 aliphatic rings. The molecule has 1 heterocycles. The van der Waals surface area contributed by atoms with Crippen molar-refractivity contribution in [1.82, 2.24) is 5.32 Å². The summed E-state index contributed by atoms with van der Waals surface area (Å²) in [4.78, 5) is 0. The summed E-state index contributed by atoms with van der Waals surface area (Å²) in [5.41, 5.74) is 6.06. The summed E-state index contributed by atoms with van der Waals surface area (Å²) in [6.45, 7) is 0.298. The number of allylic oxidation sites excluding steroid dienone is 2. The molecule has 0 aliphatic carbocycles. The molecular weight excluding hydrogens is 147 g/mol. The summed E-state index contributed by atoms with van der Waals surface area (Å²) in [6.07, 6.45) is 2.36. The third-order valence-electron chi connectivity index (χ3n) is 1.50. The van der Waals surface area contributed by atoms with Gasteiger partial charge in [-0.15, -0.1) is 0 Å². The smallest absolute Gasteiger partial charge is 0.150 e. The predicted molar refractivity (Wildman–Crippen MR) is 40.3 cm³/mol. The van der Waals surface area contributed by atoms with Gasteiger partial charge in [0.2, 0.25) is 0 Å². The average molecular weight is 158 g/mol. The van der Waals surface area contributed by atoms with Crippen LogP contribution >= 0.6 is 0 Å². The zero-order valence-electron chi connectivity index (χ0n) is 6.30. The van der Waals surface area contributed by atoms with Crippen LogP contribution in [0.15, 0.2) is 23.7 Å². The Morgan fingerprint density at radius 1 is 1.82 bits per heavy atom. The van der Waals surface area contributed by atoms with E-state index in [-0.39, 0.29) is 12.1 Å². The second kappa shape index (κ2) is 3.50. The maximum Gasteiger partial charge on any atom is 0.150 e. The van der Waals surface area contributed by atoms with Crippen molar-refractivity contribution in [2.45, 2.75) is 6.23 Å². The van der Waals surface area contributed by atoms with Gasteiger partial charge >= 0.3 is 0 Å². The van der Waals surface area contributed by atoms with Gasteiger partial charge < -0.3 is 15.8 Å². The first kappa shape index (κ1) is 8.23. The first-order valence-electron chi connectivity index (χ1n) is 3.33. The molecule has 0 amide bonds. The zero-order valence-corrected chi connectivity index (χ0v) is 6.30. The number of ether oxygens (including phenoxy) is 1. The molecule has 11 heavy (non-hydrogen) atoms. The summed E-state index contributed by atoms with van der Waals surface area (Å²) in [5, 5.41) is 2.71. The van der Waals surface area contributed by atoms with Gasteiger partial charge in [0.15, 0.2) is 6.23 Å². The summed E-state index contributed by atoms with van der Waals surface area (Å²) in [6, 6.07) is 0. The maximum absolute atomic E-state index is 12.5. The third-order valence-corrected chi connectivity index (χ3v) is 1.50. The number of hydrogen-bond acceptors (Lipinski definition) is 3. The molecule has 0 bridgehead atoms. The van der Waals surface area contributed by atoms with Crippen molar-refractivity contribution >= 4 is 0 Å². The SMILES string of the molecule is COC1NC=C(F)C=C1CN. The molecule has 1 rings (SSSR count). The monoisotopic (exact) mass is 158 g/mol. The summed E-state index contributed by atoms with van der Waals surface area (Å²) >= 11 is 0. The maximum atomic E-state index is 12.5. The fraction of sp³-hybridized carbons (Fsp3) is 0.429. The van der Waals surface area contributed by atoms with Crippen LogP contribution in [-0.2, 0) is 4.74 Å². The Labute approximate surface area is 64.7 Å². The number of hydrogen-bond donors (Lipinski definition) is 2. The van der Waals surface area contributed by atoms with E-state index in [1.54, 1.807) is 0 Å². The molecule has 0 aromatic heterocycles. The van der Waals surface area contributed by atoms with E-state index in [9.17, 15) is 4.39 Å². The molecule has 0 radical (unpaired) electrons. The van der Waals surface area contributed by atoms with Crippen LogP contribution in [-0.4, -0.2) is 19.9 Å². The highest BCUT2D eigenvalue weighted by molar-refractivity contribution is 5.25. The molecule has 0 aromatic rings. The molecule has 1 unspecified atom stereocenters. The largest absolute Gasteiger partial charge is 0.360 e. The molecule has 3 N–H and O–H groups in total. The van der Waals surface area contributed by atoms with E-state index >= 15 is 0 Å². The molecule has 0 saturated heterocycles. The quantitative estimate of drug-likeness (QED) is 0.606. The molecular formula is C7H11FN2O. The predicted octanol–water partition coefficient (Wildman–Crippen LogP) is 0.258. The van der Waals surface area contributed by atoms with Crippen molar-refractivity contribution in [3.63, 3.8) is 0 Å². The molecule has 62 valence electrons. The lowest BCUT2D eigenvalue weighted by Crippen LogP contribution is -2.34. The van der Waals surface area contributed by atoms with Crippen LogP contribution in [0.3, 0.4) is 0 Å². The van der Waals surface area contributed by atoms with Crippen LogP contribution in [0.4, 0.5) is 4.39 Å². The van der Waals surface area contributed by atoms with Gasteiger partial charge in [0.05, 0.1) is 0 Å². The highest BCUT2D eigenvalue weighted by Gasteiger charge is 2.14. The summed E-state index contributed by atoms with van der Waals surface area (Å²) in [7, 11) is 1.54. The van der Waals surface area contributed by atoms with E-state index in [4.69, 9.17) is 10.5 Å². The first-order chi connectivity index (χ1) is 5.27. The molecule has 1 aliphatic heterocycles. The molecule has 1 atom stereocenters. The van der Waals surface area contributed by atoms with Crippen LogP contribution in [0.2, 0.25) is 0 Å². The third kappa shape index (κ3) is 1.78. The second-order valence-corrected chi connectivity index (χ2v) is 2.24. The van der Waals surface area contributed by atoms with Crippen LogP contribution in [0.5, 0.6) is 0 Å². The molecule has 3 nitrogen and oxygen atoms in total. The highest BCUT2D eigenvalue weighted by Crippen LogP contribution is 2.12. The Morgan fingerprint density at radius 2 is 2.55 bits per heavy atom. The minimum atomic E-state index is -0.321. The van der Waals surface area contributed by atoms with Crippen LogP contribution in [0, 0.1) is 0 Å². The zero-order chi connectivity index (χ0) is 8.27. The average Bonchev–Trinajstić information content (AvgIpc) is 2.04. The molecule has 0 saturated carbocycles. The minimum absolute atomic E-state index is 0.278. The Balaban J connectivity index is 2.71. The molecule has 0 spiro atoms. The lowest BCUT2D eigenvalue weighted by atomic mass is 10.2. The van der Waals surface area contributed by atoms with Gasteiger partial charge in [-0.05, 0) is 11.6 Å². The van der Waals surface area contributed by atoms with Crippen molar-refractivity contribution in [1.29, 1.82) is 0 Å². The summed E-state index contributed by atoms with van der Waals surface area (Å²) in [5.74, 6) is -0.321. The van der Waals surface area contributed by atoms with Crippen LogP contribution < -0.4 is 11.1 Å². The highest BCUT2D eigenvalue weighted by atomic mass is 19.1. The lowest BCUT2D eigenvalue weighted by molar-refractivity contribution is 0.111. The number of methoxy groups -OCH3 is 1. The van der Waals surface area contributed by atoms with Gasteiger partial charge in [-0.25, -0.2) is 4.39 Å². The van der Waals surface area contributed by atoms with Crippen molar-refractivity contribution in [2.75, 3.05) is 13.7 Å². The van der Waals surface area contributed by atoms with Gasteiger partial charge in [-0.3, -0.25) is 0 Å². The van der Waals surface area contributed by atoms with E-state index in [2.05, 4.69) is 5.32 Å². The number of halogens is 1. The lowest BCUT2D eigenvalue weighted by Gasteiger charge is -2.21. The van der Waals surface area contributed by atoms with Crippen molar-refractivity contribution in [2.24, 2.45) is 5.73 Å². The molecule has 4 heteroatoms. The van der Waals surface area contributed by atoms with Gasteiger partial charge in [0.25, 0.3) is 0 Å². The number of rotatable bonds is 2. The number of dihydropyridines is 1. The fourth-order valence-corrected chi connectivity index (χ4v) is 0.942. The number of nitrogens with one attached hydrogen (secondary N) is 1. The van der Waals surface area contributed by atoms with Crippen molar-refractivity contribution < 1.29 is 9.13 Å². The second-order valence-electron chi connectivity index (χ2n) is 2.24. The molecule has 0 aromatic carbocycles. The Hall–Kier alpha value is -0.870. The van der Waals surface area contributed by atoms with E-state index < -0.39 is 0 Å². The van der Waals surface area contributed by atoms with E-state index in [0.29, 0.717) is 12.1 Å². The van der Waals surface area contributed by atoms with Gasteiger partial charge in [0, 0.05) is 19.9 Å². The van der Waals surface area contributed by atoms with Crippen LogP contribution in [0.1, 0.15) is 0 Å². The normalized spacial score (nSPS) is 23.7. The van der Waals surface area contributed by atoms with Gasteiger partial charge in [-0.1, -0.05) is 0 Å². The van der Waals surface area contributed by atoms with E-state index in [1.165, 1.54) is 19.4 Å². The number of nitrogens with two attached hydrogens (primary N) is 1. The first-order valence-corrected chi connectivity index (χ1v) is 3.33. The van der Waals surface area contributed by atoms with Crippen molar-refractivity contribution in [3.05, 3.63) is 23.7 Å². The standard InChI is InChI=1S/C7H11FN2O/c1-11-7-5(3-9)2-6(8)4-10-7/h2,4,7,10H,3,9H2,1H3. The van der Waals surface area contributed by atoms with Gasteiger partial charge in [-0.2, -0.15) is 0 Å². The topological polar surface area (TPSA) is 47.3 Å². The summed E-state index contributed by atoms with van der Waals surface area (Å²) < 4.78 is 17.5.